The molecule has 0 radical (unpaired) electrons. The van der Waals surface area contributed by atoms with E-state index in [0.717, 1.165) is 32.2 Å². The summed E-state index contributed by atoms with van der Waals surface area (Å²) in [6.07, 6.45) is 6.94. The number of hydrogen-bond donors (Lipinski definition) is 0. The Balaban J connectivity index is 1.99. The summed E-state index contributed by atoms with van der Waals surface area (Å²) in [5.74, 6) is 1.96. The fraction of sp³-hybridized carbons (Fsp3) is 0.944. The van der Waals surface area contributed by atoms with E-state index in [2.05, 4.69) is 13.8 Å². The van der Waals surface area contributed by atoms with Crippen molar-refractivity contribution in [3.05, 3.63) is 0 Å². The van der Waals surface area contributed by atoms with Crippen molar-refractivity contribution in [1.29, 1.82) is 0 Å². The molecule has 0 heterocycles. The third-order valence-corrected chi connectivity index (χ3v) is 4.34. The van der Waals surface area contributed by atoms with Crippen molar-refractivity contribution < 1.29 is 14.3 Å². The molecule has 0 amide bonds. The second-order valence-electron chi connectivity index (χ2n) is 7.07. The van der Waals surface area contributed by atoms with Gasteiger partial charge in [-0.3, -0.25) is 4.79 Å². The highest BCUT2D eigenvalue weighted by molar-refractivity contribution is 5.80. The topological polar surface area (TPSA) is 35.5 Å². The Kier molecular flexibility index (Phi) is 9.18. The van der Waals surface area contributed by atoms with Crippen molar-refractivity contribution in [3.63, 3.8) is 0 Å². The number of Topliss-reactive ketones (excluding diaryl/α,β-unsaturated/α-hetero) is 1. The highest BCUT2D eigenvalue weighted by Gasteiger charge is 2.21. The van der Waals surface area contributed by atoms with E-state index in [1.165, 1.54) is 25.7 Å². The van der Waals surface area contributed by atoms with Crippen LogP contribution in [0.2, 0.25) is 0 Å². The van der Waals surface area contributed by atoms with E-state index < -0.39 is 0 Å². The molecule has 0 aromatic heterocycles. The SMILES string of the molecule is CC(C)OCC1CCC(COCCCC(=O)C(C)C)CC1. The molecule has 0 saturated heterocycles. The zero-order valence-corrected chi connectivity index (χ0v) is 14.4. The lowest BCUT2D eigenvalue weighted by atomic mass is 9.83. The second kappa shape index (κ2) is 10.3. The summed E-state index contributed by atoms with van der Waals surface area (Å²) >= 11 is 0. The largest absolute Gasteiger partial charge is 0.381 e. The molecule has 1 aliphatic rings. The molecule has 0 aliphatic heterocycles. The van der Waals surface area contributed by atoms with Gasteiger partial charge in [-0.25, -0.2) is 0 Å². The maximum absolute atomic E-state index is 11.5. The molecule has 0 bridgehead atoms. The molecule has 3 nitrogen and oxygen atoms in total. The van der Waals surface area contributed by atoms with Crippen LogP contribution in [0.5, 0.6) is 0 Å². The van der Waals surface area contributed by atoms with Crippen LogP contribution in [0.25, 0.3) is 0 Å². The smallest absolute Gasteiger partial charge is 0.135 e. The van der Waals surface area contributed by atoms with Crippen LogP contribution in [0, 0.1) is 17.8 Å². The standard InChI is InChI=1S/C18H34O3/c1-14(2)18(19)6-5-11-20-12-16-7-9-17(10-8-16)13-21-15(3)4/h14-17H,5-13H2,1-4H3. The molecule has 0 aromatic carbocycles. The minimum absolute atomic E-state index is 0.160. The van der Waals surface area contributed by atoms with Gasteiger partial charge in [0.2, 0.25) is 0 Å². The Morgan fingerprint density at radius 3 is 2.10 bits per heavy atom. The normalized spacial score (nSPS) is 23.0. The lowest BCUT2D eigenvalue weighted by Gasteiger charge is -2.28. The number of ether oxygens (including phenoxy) is 2. The lowest BCUT2D eigenvalue weighted by molar-refractivity contribution is -0.122. The van der Waals surface area contributed by atoms with E-state index in [0.29, 0.717) is 24.2 Å². The van der Waals surface area contributed by atoms with Crippen LogP contribution in [0.3, 0.4) is 0 Å². The predicted molar refractivity (Wildman–Crippen MR) is 86.4 cm³/mol. The zero-order valence-electron chi connectivity index (χ0n) is 14.4. The van der Waals surface area contributed by atoms with Crippen molar-refractivity contribution in [2.75, 3.05) is 19.8 Å². The Morgan fingerprint density at radius 2 is 1.57 bits per heavy atom. The van der Waals surface area contributed by atoms with Crippen molar-refractivity contribution in [1.82, 2.24) is 0 Å². The Morgan fingerprint density at radius 1 is 1.00 bits per heavy atom. The first kappa shape index (κ1) is 18.6. The summed E-state index contributed by atoms with van der Waals surface area (Å²) < 4.78 is 11.5. The molecule has 1 saturated carbocycles. The first-order chi connectivity index (χ1) is 9.99. The Hall–Kier alpha value is -0.410. The van der Waals surface area contributed by atoms with Gasteiger partial charge in [0.25, 0.3) is 0 Å². The van der Waals surface area contributed by atoms with Gasteiger partial charge in [-0.2, -0.15) is 0 Å². The van der Waals surface area contributed by atoms with Gasteiger partial charge in [-0.15, -0.1) is 0 Å². The second-order valence-corrected chi connectivity index (χ2v) is 7.07. The van der Waals surface area contributed by atoms with Gasteiger partial charge in [-0.1, -0.05) is 13.8 Å². The van der Waals surface area contributed by atoms with Gasteiger partial charge in [0.1, 0.15) is 5.78 Å². The molecule has 1 fully saturated rings. The van der Waals surface area contributed by atoms with E-state index in [1.807, 2.05) is 13.8 Å². The van der Waals surface area contributed by atoms with Crippen LogP contribution < -0.4 is 0 Å². The summed E-state index contributed by atoms with van der Waals surface area (Å²) in [5, 5.41) is 0. The number of ketones is 1. The van der Waals surface area contributed by atoms with Crippen LogP contribution in [0.15, 0.2) is 0 Å². The molecule has 0 unspecified atom stereocenters. The first-order valence-electron chi connectivity index (χ1n) is 8.71. The zero-order chi connectivity index (χ0) is 15.7. The van der Waals surface area contributed by atoms with E-state index in [4.69, 9.17) is 9.47 Å². The lowest BCUT2D eigenvalue weighted by Crippen LogP contribution is -2.23. The number of carbonyl (C=O) groups excluding carboxylic acids is 1. The van der Waals surface area contributed by atoms with Gasteiger partial charge in [0.05, 0.1) is 6.10 Å². The predicted octanol–water partition coefficient (Wildman–Crippen LogP) is 4.24. The summed E-state index contributed by atoms with van der Waals surface area (Å²) in [4.78, 5) is 11.5. The number of rotatable bonds is 10. The molecule has 1 rings (SSSR count). The van der Waals surface area contributed by atoms with Crippen molar-refractivity contribution in [2.45, 2.75) is 72.3 Å². The molecule has 0 spiro atoms. The molecule has 0 aromatic rings. The van der Waals surface area contributed by atoms with Gasteiger partial charge >= 0.3 is 0 Å². The van der Waals surface area contributed by atoms with Gasteiger partial charge in [0.15, 0.2) is 0 Å². The third kappa shape index (κ3) is 8.57. The van der Waals surface area contributed by atoms with E-state index in [-0.39, 0.29) is 5.92 Å². The van der Waals surface area contributed by atoms with Crippen LogP contribution in [-0.2, 0) is 14.3 Å². The highest BCUT2D eigenvalue weighted by atomic mass is 16.5. The summed E-state index contributed by atoms with van der Waals surface area (Å²) in [6, 6.07) is 0. The molecular formula is C18H34O3. The number of carbonyl (C=O) groups is 1. The van der Waals surface area contributed by atoms with E-state index in [9.17, 15) is 4.79 Å². The molecule has 1 aliphatic carbocycles. The summed E-state index contributed by atoms with van der Waals surface area (Å²) in [6.45, 7) is 10.6. The Labute approximate surface area is 130 Å². The fourth-order valence-corrected chi connectivity index (χ4v) is 2.78. The molecule has 124 valence electrons. The highest BCUT2D eigenvalue weighted by Crippen LogP contribution is 2.29. The molecular weight excluding hydrogens is 264 g/mol. The average Bonchev–Trinajstić information content (AvgIpc) is 2.45. The van der Waals surface area contributed by atoms with Crippen molar-refractivity contribution in [3.8, 4) is 0 Å². The Bertz CT molecular complexity index is 278. The minimum Gasteiger partial charge on any atom is -0.381 e. The summed E-state index contributed by atoms with van der Waals surface area (Å²) in [5.41, 5.74) is 0. The third-order valence-electron chi connectivity index (χ3n) is 4.34. The van der Waals surface area contributed by atoms with Crippen molar-refractivity contribution in [2.24, 2.45) is 17.8 Å². The van der Waals surface area contributed by atoms with Crippen LogP contribution >= 0.6 is 0 Å². The van der Waals surface area contributed by atoms with Crippen LogP contribution in [0.4, 0.5) is 0 Å². The van der Waals surface area contributed by atoms with Gasteiger partial charge in [-0.05, 0) is 57.8 Å². The molecule has 21 heavy (non-hydrogen) atoms. The fourth-order valence-electron chi connectivity index (χ4n) is 2.78. The summed E-state index contributed by atoms with van der Waals surface area (Å²) in [7, 11) is 0. The molecule has 0 atom stereocenters. The first-order valence-corrected chi connectivity index (χ1v) is 8.71. The van der Waals surface area contributed by atoms with Gasteiger partial charge in [0, 0.05) is 32.2 Å². The van der Waals surface area contributed by atoms with Gasteiger partial charge < -0.3 is 9.47 Å². The van der Waals surface area contributed by atoms with E-state index >= 15 is 0 Å². The maximum Gasteiger partial charge on any atom is 0.135 e. The minimum atomic E-state index is 0.160. The quantitative estimate of drug-likeness (QED) is 0.566. The van der Waals surface area contributed by atoms with Crippen molar-refractivity contribution >= 4 is 5.78 Å². The monoisotopic (exact) mass is 298 g/mol. The number of hydrogen-bond acceptors (Lipinski definition) is 3. The van der Waals surface area contributed by atoms with E-state index in [1.54, 1.807) is 0 Å². The van der Waals surface area contributed by atoms with Crippen LogP contribution in [-0.4, -0.2) is 31.7 Å². The average molecular weight is 298 g/mol. The molecule has 0 N–H and O–H groups in total. The maximum atomic E-state index is 11.5. The molecule has 3 heteroatoms. The van der Waals surface area contributed by atoms with Crippen LogP contribution in [0.1, 0.15) is 66.2 Å².